The predicted octanol–water partition coefficient (Wildman–Crippen LogP) is 6.47. The fourth-order valence-electron chi connectivity index (χ4n) is 5.42. The third kappa shape index (κ3) is 6.01. The molecule has 41 heavy (non-hydrogen) atoms. The number of allylic oxidation sites excluding steroid dienone is 1. The van der Waals surface area contributed by atoms with Crippen molar-refractivity contribution in [2.45, 2.75) is 38.6 Å². The van der Waals surface area contributed by atoms with Crippen LogP contribution in [0.1, 0.15) is 43.5 Å². The zero-order chi connectivity index (χ0) is 28.8. The van der Waals surface area contributed by atoms with Gasteiger partial charge in [-0.2, -0.15) is 0 Å². The lowest BCUT2D eigenvalue weighted by molar-refractivity contribution is -0.117. The van der Waals surface area contributed by atoms with E-state index in [0.29, 0.717) is 36.8 Å². The van der Waals surface area contributed by atoms with E-state index in [4.69, 9.17) is 23.9 Å². The van der Waals surface area contributed by atoms with Gasteiger partial charge in [-0.05, 0) is 61.7 Å². The Kier molecular flexibility index (Phi) is 8.77. The quantitative estimate of drug-likeness (QED) is 0.186. The number of rotatable bonds is 12. The highest BCUT2D eigenvalue weighted by Crippen LogP contribution is 2.39. The number of nitrogens with zero attached hydrogens (tertiary/aromatic N) is 3. The number of aromatic nitrogens is 2. The first-order valence-electron chi connectivity index (χ1n) is 14.0. The van der Waals surface area contributed by atoms with Crippen molar-refractivity contribution in [3.63, 3.8) is 0 Å². The molecule has 1 aromatic heterocycles. The van der Waals surface area contributed by atoms with Crippen LogP contribution in [0.25, 0.3) is 17.1 Å². The molecule has 214 valence electrons. The van der Waals surface area contributed by atoms with Crippen LogP contribution in [0, 0.1) is 0 Å². The van der Waals surface area contributed by atoms with Gasteiger partial charge < -0.3 is 28.4 Å². The number of carbonyl (C=O) groups is 1. The van der Waals surface area contributed by atoms with Gasteiger partial charge in [-0.1, -0.05) is 30.4 Å². The largest absolute Gasteiger partial charge is 0.497 e. The summed E-state index contributed by atoms with van der Waals surface area (Å²) < 4.78 is 24.8. The Labute approximate surface area is 241 Å². The van der Waals surface area contributed by atoms with E-state index in [0.717, 1.165) is 53.3 Å². The number of hydrogen-bond acceptors (Lipinski definition) is 6. The monoisotopic (exact) mass is 555 g/mol. The van der Waals surface area contributed by atoms with E-state index in [-0.39, 0.29) is 11.8 Å². The Balaban J connectivity index is 1.29. The number of unbranched alkanes of at least 4 members (excludes halogenated alkanes) is 1. The van der Waals surface area contributed by atoms with Gasteiger partial charge in [0.2, 0.25) is 5.91 Å². The number of hydrogen-bond donors (Lipinski definition) is 0. The third-order valence-corrected chi connectivity index (χ3v) is 7.43. The fraction of sp³-hybridized carbons (Fsp3) is 0.333. The number of imidazole rings is 1. The molecule has 4 aromatic rings. The van der Waals surface area contributed by atoms with Gasteiger partial charge in [-0.3, -0.25) is 4.79 Å². The number of aryl methyl sites for hydroxylation is 1. The first-order valence-corrected chi connectivity index (χ1v) is 14.0. The lowest BCUT2D eigenvalue weighted by Crippen LogP contribution is -2.25. The number of fused-ring (bicyclic) bond motifs is 1. The highest BCUT2D eigenvalue weighted by molar-refractivity contribution is 5.98. The summed E-state index contributed by atoms with van der Waals surface area (Å²) in [7, 11) is 4.89. The molecule has 0 radical (unpaired) electrons. The number of methoxy groups -OCH3 is 3. The topological polar surface area (TPSA) is 75.1 Å². The van der Waals surface area contributed by atoms with Gasteiger partial charge in [0.05, 0.1) is 44.7 Å². The van der Waals surface area contributed by atoms with E-state index in [2.05, 4.69) is 10.6 Å². The van der Waals surface area contributed by atoms with Crippen molar-refractivity contribution in [1.29, 1.82) is 0 Å². The van der Waals surface area contributed by atoms with Crippen molar-refractivity contribution < 1.29 is 23.7 Å². The smallest absolute Gasteiger partial charge is 0.227 e. The van der Waals surface area contributed by atoms with Crippen LogP contribution in [0.4, 0.5) is 5.69 Å². The molecule has 3 aromatic carbocycles. The average molecular weight is 556 g/mol. The standard InChI is InChI=1S/C33H37N3O5/c1-5-10-23-13-15-30(31(19-23)40-4)41-18-9-8-17-35-27-12-7-6-11-26(27)34-33(35)24-20-32(37)36(22-24)28-21-25(38-2)14-16-29(28)39-3/h5-7,10-16,19,21,24H,8-9,17-18,20,22H2,1-4H3/b10-5+. The van der Waals surface area contributed by atoms with Crippen LogP contribution in [0.3, 0.4) is 0 Å². The SMILES string of the molecule is C/C=C/c1ccc(OCCCCn2c(C3CC(=O)N(c4cc(OC)ccc4OC)C3)nc3ccccc32)c(OC)c1. The summed E-state index contributed by atoms with van der Waals surface area (Å²) in [5, 5.41) is 0. The van der Waals surface area contributed by atoms with Crippen molar-refractivity contribution >= 4 is 28.7 Å². The van der Waals surface area contributed by atoms with Gasteiger partial charge in [0, 0.05) is 31.5 Å². The second kappa shape index (κ2) is 12.8. The molecule has 1 unspecified atom stereocenters. The number of para-hydroxylation sites is 2. The fourth-order valence-corrected chi connectivity index (χ4v) is 5.42. The van der Waals surface area contributed by atoms with Crippen molar-refractivity contribution in [2.24, 2.45) is 0 Å². The number of benzene rings is 3. The molecule has 5 rings (SSSR count). The van der Waals surface area contributed by atoms with E-state index in [9.17, 15) is 4.79 Å². The minimum Gasteiger partial charge on any atom is -0.497 e. The second-order valence-corrected chi connectivity index (χ2v) is 10.0. The van der Waals surface area contributed by atoms with E-state index >= 15 is 0 Å². The van der Waals surface area contributed by atoms with Gasteiger partial charge in [0.25, 0.3) is 0 Å². The highest BCUT2D eigenvalue weighted by Gasteiger charge is 2.36. The van der Waals surface area contributed by atoms with E-state index in [1.807, 2.05) is 73.7 Å². The van der Waals surface area contributed by atoms with Gasteiger partial charge >= 0.3 is 0 Å². The van der Waals surface area contributed by atoms with Gasteiger partial charge in [-0.25, -0.2) is 4.98 Å². The maximum Gasteiger partial charge on any atom is 0.227 e. The van der Waals surface area contributed by atoms with Crippen LogP contribution in [-0.2, 0) is 11.3 Å². The molecule has 1 fully saturated rings. The zero-order valence-corrected chi connectivity index (χ0v) is 24.1. The summed E-state index contributed by atoms with van der Waals surface area (Å²) in [6.07, 6.45) is 6.18. The van der Waals surface area contributed by atoms with Gasteiger partial charge in [0.1, 0.15) is 17.3 Å². The number of ether oxygens (including phenoxy) is 4. The molecule has 1 saturated heterocycles. The molecule has 0 saturated carbocycles. The van der Waals surface area contributed by atoms with Crippen molar-refractivity contribution in [3.8, 4) is 23.0 Å². The number of carbonyl (C=O) groups excluding carboxylic acids is 1. The summed E-state index contributed by atoms with van der Waals surface area (Å²) in [5.41, 5.74) is 3.81. The summed E-state index contributed by atoms with van der Waals surface area (Å²) in [4.78, 5) is 20.0. The first-order chi connectivity index (χ1) is 20.1. The minimum atomic E-state index is -0.0398. The van der Waals surface area contributed by atoms with E-state index < -0.39 is 0 Å². The molecular weight excluding hydrogens is 518 g/mol. The molecular formula is C33H37N3O5. The predicted molar refractivity (Wildman–Crippen MR) is 161 cm³/mol. The maximum atomic E-state index is 13.3. The Morgan fingerprint density at radius 2 is 1.73 bits per heavy atom. The van der Waals surface area contributed by atoms with Crippen LogP contribution in [-0.4, -0.2) is 49.9 Å². The lowest BCUT2D eigenvalue weighted by atomic mass is 10.1. The van der Waals surface area contributed by atoms with Crippen LogP contribution >= 0.6 is 0 Å². The normalized spacial score (nSPS) is 15.2. The van der Waals surface area contributed by atoms with Crippen molar-refractivity contribution in [2.75, 3.05) is 39.4 Å². The molecule has 0 N–H and O–H groups in total. The summed E-state index contributed by atoms with van der Waals surface area (Å²) in [6, 6.07) is 19.6. The van der Waals surface area contributed by atoms with Gasteiger partial charge in [-0.15, -0.1) is 0 Å². The summed E-state index contributed by atoms with van der Waals surface area (Å²) >= 11 is 0. The Bertz CT molecular complexity index is 1540. The van der Waals surface area contributed by atoms with Crippen LogP contribution in [0.5, 0.6) is 23.0 Å². The van der Waals surface area contributed by atoms with Crippen molar-refractivity contribution in [1.82, 2.24) is 9.55 Å². The van der Waals surface area contributed by atoms with Crippen LogP contribution < -0.4 is 23.8 Å². The summed E-state index contributed by atoms with van der Waals surface area (Å²) in [5.74, 6) is 3.73. The molecule has 1 aliphatic heterocycles. The third-order valence-electron chi connectivity index (χ3n) is 7.43. The minimum absolute atomic E-state index is 0.0398. The van der Waals surface area contributed by atoms with E-state index in [1.54, 1.807) is 26.2 Å². The molecule has 8 nitrogen and oxygen atoms in total. The second-order valence-electron chi connectivity index (χ2n) is 10.0. The molecule has 0 bridgehead atoms. The average Bonchev–Trinajstić information content (AvgIpc) is 3.57. The molecule has 8 heteroatoms. The molecule has 1 aliphatic rings. The summed E-state index contributed by atoms with van der Waals surface area (Å²) in [6.45, 7) is 3.87. The van der Waals surface area contributed by atoms with Crippen LogP contribution in [0.2, 0.25) is 0 Å². The highest BCUT2D eigenvalue weighted by atomic mass is 16.5. The zero-order valence-electron chi connectivity index (χ0n) is 24.1. The van der Waals surface area contributed by atoms with Gasteiger partial charge in [0.15, 0.2) is 11.5 Å². The number of amides is 1. The van der Waals surface area contributed by atoms with E-state index in [1.165, 1.54) is 0 Å². The maximum absolute atomic E-state index is 13.3. The van der Waals surface area contributed by atoms with Crippen LogP contribution in [0.15, 0.2) is 66.7 Å². The molecule has 0 aliphatic carbocycles. The molecule has 1 atom stereocenters. The first kappa shape index (κ1) is 28.1. The number of anilines is 1. The van der Waals surface area contributed by atoms with Crippen molar-refractivity contribution in [3.05, 3.63) is 78.1 Å². The molecule has 2 heterocycles. The Morgan fingerprint density at radius 1 is 0.927 bits per heavy atom. The lowest BCUT2D eigenvalue weighted by Gasteiger charge is -2.20. The molecule has 1 amide bonds. The Hall–Kier alpha value is -4.46. The Morgan fingerprint density at radius 3 is 2.51 bits per heavy atom. The molecule has 0 spiro atoms.